The molecule has 2 N–H and O–H groups in total. The molecule has 0 saturated carbocycles. The fourth-order valence-corrected chi connectivity index (χ4v) is 1.51. The highest BCUT2D eigenvalue weighted by Gasteiger charge is 2.00. The maximum Gasteiger partial charge on any atom is 0.219 e. The Kier molecular flexibility index (Phi) is 6.59. The maximum atomic E-state index is 5.30. The minimum absolute atomic E-state index is 0.337. The van der Waals surface area contributed by atoms with Gasteiger partial charge in [0, 0.05) is 18.6 Å². The smallest absolute Gasteiger partial charge is 0.219 e. The van der Waals surface area contributed by atoms with Gasteiger partial charge in [-0.25, -0.2) is 9.97 Å². The highest BCUT2D eigenvalue weighted by Crippen LogP contribution is 2.17. The van der Waals surface area contributed by atoms with E-state index in [0.29, 0.717) is 17.8 Å². The van der Waals surface area contributed by atoms with Crippen molar-refractivity contribution in [1.29, 1.82) is 0 Å². The molecule has 0 amide bonds. The molecule has 114 valence electrons. The molecule has 5 nitrogen and oxygen atoms in total. The van der Waals surface area contributed by atoms with E-state index >= 15 is 0 Å². The topological polar surface area (TPSA) is 73.9 Å². The summed E-state index contributed by atoms with van der Waals surface area (Å²) in [7, 11) is 1.65. The first kappa shape index (κ1) is 16.9. The Labute approximate surface area is 126 Å². The summed E-state index contributed by atoms with van der Waals surface area (Å²) in [5.74, 6) is 2.15. The molecule has 2 aromatic rings. The van der Waals surface area contributed by atoms with Crippen LogP contribution < -0.4 is 10.5 Å². The number of aromatic nitrogens is 3. The van der Waals surface area contributed by atoms with Crippen LogP contribution in [0.4, 0.5) is 5.95 Å². The summed E-state index contributed by atoms with van der Waals surface area (Å²) in [4.78, 5) is 11.8. The predicted molar refractivity (Wildman–Crippen MR) is 85.4 cm³/mol. The third-order valence-electron chi connectivity index (χ3n) is 3.00. The Balaban J connectivity index is 0.000000211. The van der Waals surface area contributed by atoms with Crippen LogP contribution in [-0.2, 0) is 0 Å². The molecule has 2 heterocycles. The monoisotopic (exact) mass is 288 g/mol. The molecule has 0 spiro atoms. The molecular weight excluding hydrogens is 264 g/mol. The molecule has 2 rings (SSSR count). The van der Waals surface area contributed by atoms with Gasteiger partial charge >= 0.3 is 0 Å². The zero-order chi connectivity index (χ0) is 15.8. The molecule has 0 saturated heterocycles. The molecule has 0 aliphatic carbocycles. The third-order valence-corrected chi connectivity index (χ3v) is 3.00. The van der Waals surface area contributed by atoms with E-state index in [9.17, 15) is 0 Å². The molecule has 0 fully saturated rings. The van der Waals surface area contributed by atoms with Crippen molar-refractivity contribution in [3.63, 3.8) is 0 Å². The Morgan fingerprint density at radius 3 is 1.95 bits per heavy atom. The lowest BCUT2D eigenvalue weighted by molar-refractivity contribution is 0.412. The zero-order valence-corrected chi connectivity index (χ0v) is 13.4. The number of nitrogen functional groups attached to an aromatic ring is 1. The molecule has 0 radical (unpaired) electrons. The van der Waals surface area contributed by atoms with Crippen molar-refractivity contribution < 1.29 is 4.74 Å². The zero-order valence-electron chi connectivity index (χ0n) is 13.4. The number of methoxy groups -OCH3 is 1. The van der Waals surface area contributed by atoms with Crippen molar-refractivity contribution in [3.05, 3.63) is 42.0 Å². The summed E-state index contributed by atoms with van der Waals surface area (Å²) in [5.41, 5.74) is 7.64. The number of pyridine rings is 1. The molecule has 2 aromatic heterocycles. The third kappa shape index (κ3) is 5.77. The summed E-state index contributed by atoms with van der Waals surface area (Å²) < 4.78 is 5.04. The Bertz CT molecular complexity index is 538. The van der Waals surface area contributed by atoms with E-state index in [0.717, 1.165) is 11.3 Å². The predicted octanol–water partition coefficient (Wildman–Crippen LogP) is 3.40. The standard InChI is InChI=1S/C9H13NO.C7H11N3/c1-7(2)8-4-9(11-3)6-10-5-8;1-5(2)6-3-9-7(8)10-4-6/h4-7H,1-3H3;3-5H,1-2H3,(H2,8,9,10). The highest BCUT2D eigenvalue weighted by atomic mass is 16.5. The first-order valence-electron chi connectivity index (χ1n) is 7.00. The van der Waals surface area contributed by atoms with Gasteiger partial charge < -0.3 is 10.5 Å². The number of rotatable bonds is 3. The number of anilines is 1. The Hall–Kier alpha value is -2.17. The van der Waals surface area contributed by atoms with E-state index in [-0.39, 0.29) is 0 Å². The normalized spacial score (nSPS) is 10.2. The van der Waals surface area contributed by atoms with Gasteiger partial charge in [0.1, 0.15) is 5.75 Å². The molecule has 0 aliphatic heterocycles. The second-order valence-corrected chi connectivity index (χ2v) is 5.34. The van der Waals surface area contributed by atoms with Crippen molar-refractivity contribution in [2.75, 3.05) is 12.8 Å². The van der Waals surface area contributed by atoms with Gasteiger partial charge in [-0.1, -0.05) is 27.7 Å². The minimum atomic E-state index is 0.337. The molecule has 21 heavy (non-hydrogen) atoms. The van der Waals surface area contributed by atoms with Gasteiger partial charge in [-0.3, -0.25) is 4.98 Å². The Morgan fingerprint density at radius 2 is 1.48 bits per heavy atom. The quantitative estimate of drug-likeness (QED) is 0.937. The molecule has 0 unspecified atom stereocenters. The average Bonchev–Trinajstić information content (AvgIpc) is 2.48. The van der Waals surface area contributed by atoms with E-state index in [4.69, 9.17) is 10.5 Å². The first-order chi connectivity index (χ1) is 9.93. The van der Waals surface area contributed by atoms with Crippen LogP contribution in [0, 0.1) is 0 Å². The van der Waals surface area contributed by atoms with Crippen LogP contribution in [-0.4, -0.2) is 22.1 Å². The molecule has 5 heteroatoms. The number of nitrogens with two attached hydrogens (primary N) is 1. The largest absolute Gasteiger partial charge is 0.495 e. The number of ether oxygens (including phenoxy) is 1. The number of nitrogens with zero attached hydrogens (tertiary/aromatic N) is 3. The van der Waals surface area contributed by atoms with Crippen molar-refractivity contribution >= 4 is 5.95 Å². The SMILES string of the molecule is CC(C)c1cnc(N)nc1.COc1cncc(C(C)C)c1. The van der Waals surface area contributed by atoms with E-state index in [1.54, 1.807) is 25.7 Å². The highest BCUT2D eigenvalue weighted by molar-refractivity contribution is 5.25. The van der Waals surface area contributed by atoms with E-state index in [2.05, 4.69) is 42.6 Å². The van der Waals surface area contributed by atoms with E-state index < -0.39 is 0 Å². The van der Waals surface area contributed by atoms with Crippen molar-refractivity contribution in [2.45, 2.75) is 39.5 Å². The van der Waals surface area contributed by atoms with Gasteiger partial charge in [-0.2, -0.15) is 0 Å². The summed E-state index contributed by atoms with van der Waals surface area (Å²) in [6.45, 7) is 8.46. The molecule has 0 bridgehead atoms. The minimum Gasteiger partial charge on any atom is -0.495 e. The first-order valence-corrected chi connectivity index (χ1v) is 7.00. The Morgan fingerprint density at radius 1 is 0.905 bits per heavy atom. The molecule has 0 aliphatic rings. The lowest BCUT2D eigenvalue weighted by Crippen LogP contribution is -1.96. The molecule has 0 atom stereocenters. The van der Waals surface area contributed by atoms with Gasteiger partial charge in [0.05, 0.1) is 13.3 Å². The lowest BCUT2D eigenvalue weighted by Gasteiger charge is -2.05. The van der Waals surface area contributed by atoms with Gasteiger partial charge in [0.25, 0.3) is 0 Å². The molecule has 0 aromatic carbocycles. The van der Waals surface area contributed by atoms with Crippen LogP contribution in [0.3, 0.4) is 0 Å². The second kappa shape index (κ2) is 8.19. The van der Waals surface area contributed by atoms with E-state index in [1.165, 1.54) is 5.56 Å². The van der Waals surface area contributed by atoms with Crippen LogP contribution >= 0.6 is 0 Å². The van der Waals surface area contributed by atoms with Crippen LogP contribution in [0.2, 0.25) is 0 Å². The summed E-state index contributed by atoms with van der Waals surface area (Å²) >= 11 is 0. The van der Waals surface area contributed by atoms with Crippen molar-refractivity contribution in [1.82, 2.24) is 15.0 Å². The van der Waals surface area contributed by atoms with Crippen molar-refractivity contribution in [3.8, 4) is 5.75 Å². The van der Waals surface area contributed by atoms with Crippen LogP contribution in [0.15, 0.2) is 30.9 Å². The number of hydrogen-bond donors (Lipinski definition) is 1. The lowest BCUT2D eigenvalue weighted by atomic mass is 10.1. The molecular formula is C16H24N4O. The van der Waals surface area contributed by atoms with Gasteiger partial charge in [0.15, 0.2) is 0 Å². The van der Waals surface area contributed by atoms with Crippen LogP contribution in [0.5, 0.6) is 5.75 Å². The van der Waals surface area contributed by atoms with Crippen LogP contribution in [0.1, 0.15) is 50.7 Å². The van der Waals surface area contributed by atoms with Gasteiger partial charge in [-0.05, 0) is 29.0 Å². The second-order valence-electron chi connectivity index (χ2n) is 5.34. The average molecular weight is 288 g/mol. The number of hydrogen-bond acceptors (Lipinski definition) is 5. The van der Waals surface area contributed by atoms with Crippen molar-refractivity contribution in [2.24, 2.45) is 0 Å². The summed E-state index contributed by atoms with van der Waals surface area (Å²) in [5, 5.41) is 0. The van der Waals surface area contributed by atoms with Crippen LogP contribution in [0.25, 0.3) is 0 Å². The summed E-state index contributed by atoms with van der Waals surface area (Å²) in [6, 6.07) is 2.01. The van der Waals surface area contributed by atoms with E-state index in [1.807, 2.05) is 12.3 Å². The summed E-state index contributed by atoms with van der Waals surface area (Å²) in [6.07, 6.45) is 7.10. The fourth-order valence-electron chi connectivity index (χ4n) is 1.51. The van der Waals surface area contributed by atoms with Gasteiger partial charge in [-0.15, -0.1) is 0 Å². The fraction of sp³-hybridized carbons (Fsp3) is 0.438. The van der Waals surface area contributed by atoms with Gasteiger partial charge in [0.2, 0.25) is 5.95 Å². The maximum absolute atomic E-state index is 5.30.